The van der Waals surface area contributed by atoms with Crippen molar-refractivity contribution >= 4 is 17.6 Å². The smallest absolute Gasteiger partial charge is 0.258 e. The summed E-state index contributed by atoms with van der Waals surface area (Å²) in [6, 6.07) is 16.8. The topological polar surface area (TPSA) is 75.7 Å². The first-order valence-electron chi connectivity index (χ1n) is 11.0. The fourth-order valence-corrected chi connectivity index (χ4v) is 3.59. The molecular weight excluding hydrogens is 392 g/mol. The summed E-state index contributed by atoms with van der Waals surface area (Å²) in [5, 5.41) is 2.60. The minimum Gasteiger partial charge on any atom is -0.484 e. The van der Waals surface area contributed by atoms with E-state index < -0.39 is 0 Å². The minimum absolute atomic E-state index is 0.00930. The van der Waals surface area contributed by atoms with Crippen LogP contribution in [0.2, 0.25) is 0 Å². The van der Waals surface area contributed by atoms with Gasteiger partial charge in [-0.15, -0.1) is 0 Å². The lowest BCUT2D eigenvalue weighted by Crippen LogP contribution is -2.35. The van der Waals surface area contributed by atoms with Gasteiger partial charge in [0.25, 0.3) is 11.8 Å². The minimum atomic E-state index is -0.314. The van der Waals surface area contributed by atoms with Crippen molar-refractivity contribution < 1.29 is 19.1 Å². The maximum Gasteiger partial charge on any atom is 0.258 e. The number of hydrogen-bond donors (Lipinski definition) is 1. The Morgan fingerprint density at radius 2 is 1.61 bits per heavy atom. The zero-order valence-electron chi connectivity index (χ0n) is 17.8. The van der Waals surface area contributed by atoms with Crippen molar-refractivity contribution in [2.75, 3.05) is 26.2 Å². The van der Waals surface area contributed by atoms with Crippen molar-refractivity contribution in [3.05, 3.63) is 65.7 Å². The number of ketones is 1. The number of benzene rings is 2. The van der Waals surface area contributed by atoms with Crippen molar-refractivity contribution in [2.45, 2.75) is 38.5 Å². The summed E-state index contributed by atoms with van der Waals surface area (Å²) in [6.45, 7) is 1.59. The summed E-state index contributed by atoms with van der Waals surface area (Å²) in [7, 11) is 0. The fraction of sp³-hybridized carbons (Fsp3) is 0.400. The summed E-state index contributed by atoms with van der Waals surface area (Å²) < 4.78 is 5.35. The third kappa shape index (κ3) is 7.55. The van der Waals surface area contributed by atoms with E-state index in [4.69, 9.17) is 4.74 Å². The first-order valence-corrected chi connectivity index (χ1v) is 11.0. The van der Waals surface area contributed by atoms with Crippen LogP contribution in [0.4, 0.5) is 0 Å². The number of hydrogen-bond acceptors (Lipinski definition) is 4. The van der Waals surface area contributed by atoms with E-state index in [0.29, 0.717) is 18.6 Å². The van der Waals surface area contributed by atoms with Gasteiger partial charge in [-0.2, -0.15) is 0 Å². The van der Waals surface area contributed by atoms with Gasteiger partial charge < -0.3 is 15.0 Å². The molecule has 2 aromatic carbocycles. The molecule has 31 heavy (non-hydrogen) atoms. The van der Waals surface area contributed by atoms with E-state index >= 15 is 0 Å². The number of rotatable bonds is 10. The molecule has 1 heterocycles. The number of aryl methyl sites for hydroxylation is 1. The monoisotopic (exact) mass is 422 g/mol. The van der Waals surface area contributed by atoms with Crippen LogP contribution in [0.1, 0.15) is 48.0 Å². The molecule has 0 radical (unpaired) electrons. The normalized spacial score (nSPS) is 13.5. The molecule has 6 nitrogen and oxygen atoms in total. The largest absolute Gasteiger partial charge is 0.484 e. The number of nitrogens with zero attached hydrogens (tertiary/aromatic N) is 1. The molecule has 1 aliphatic rings. The van der Waals surface area contributed by atoms with Crippen molar-refractivity contribution in [2.24, 2.45) is 0 Å². The second-order valence-corrected chi connectivity index (χ2v) is 7.82. The number of Topliss-reactive ketones (excluding diaryl/α,β-unsaturated/α-hetero) is 1. The second-order valence-electron chi connectivity index (χ2n) is 7.82. The summed E-state index contributed by atoms with van der Waals surface area (Å²) in [5.41, 5.74) is 1.82. The Bertz CT molecular complexity index is 859. The molecule has 2 amide bonds. The highest BCUT2D eigenvalue weighted by Gasteiger charge is 2.17. The molecule has 0 atom stereocenters. The second kappa shape index (κ2) is 11.9. The van der Waals surface area contributed by atoms with Gasteiger partial charge in [-0.05, 0) is 61.9 Å². The molecule has 1 N–H and O–H groups in total. The van der Waals surface area contributed by atoms with Gasteiger partial charge in [0.2, 0.25) is 0 Å². The maximum absolute atomic E-state index is 12.5. The lowest BCUT2D eigenvalue weighted by molar-refractivity contribution is -0.126. The Labute approximate surface area is 183 Å². The molecule has 2 aromatic rings. The zero-order chi connectivity index (χ0) is 21.9. The molecule has 0 saturated carbocycles. The molecule has 0 bridgehead atoms. The van der Waals surface area contributed by atoms with Crippen LogP contribution in [0.25, 0.3) is 0 Å². The Balaban J connectivity index is 1.31. The Kier molecular flexibility index (Phi) is 8.64. The lowest BCUT2D eigenvalue weighted by atomic mass is 10.0. The molecule has 0 unspecified atom stereocenters. The van der Waals surface area contributed by atoms with Gasteiger partial charge >= 0.3 is 0 Å². The summed E-state index contributed by atoms with van der Waals surface area (Å²) in [6.07, 6.45) is 5.22. The molecule has 1 saturated heterocycles. The standard InChI is InChI=1S/C25H30N2O4/c28-22(18-26-24(29)19-31-23-10-3-1-4-11-23)9-7-8-20-12-14-21(15-13-20)25(30)27-16-5-2-6-17-27/h1,3-4,10-15H,2,5-9,16-19H2,(H,26,29). The molecule has 0 aromatic heterocycles. The Hall–Kier alpha value is -3.15. The van der Waals surface area contributed by atoms with E-state index in [9.17, 15) is 14.4 Å². The van der Waals surface area contributed by atoms with Gasteiger partial charge in [-0.25, -0.2) is 0 Å². The fourth-order valence-electron chi connectivity index (χ4n) is 3.59. The zero-order valence-corrected chi connectivity index (χ0v) is 17.8. The summed E-state index contributed by atoms with van der Waals surface area (Å²) in [4.78, 5) is 38.3. The third-order valence-electron chi connectivity index (χ3n) is 5.36. The van der Waals surface area contributed by atoms with E-state index in [2.05, 4.69) is 5.32 Å². The summed E-state index contributed by atoms with van der Waals surface area (Å²) in [5.74, 6) is 0.400. The molecular formula is C25H30N2O4. The third-order valence-corrected chi connectivity index (χ3v) is 5.36. The predicted molar refractivity (Wildman–Crippen MR) is 119 cm³/mol. The van der Waals surface area contributed by atoms with E-state index in [1.54, 1.807) is 12.1 Å². The van der Waals surface area contributed by atoms with Crippen LogP contribution in [0.3, 0.4) is 0 Å². The Morgan fingerprint density at radius 3 is 2.32 bits per heavy atom. The molecule has 0 spiro atoms. The van der Waals surface area contributed by atoms with Gasteiger partial charge in [-0.3, -0.25) is 14.4 Å². The highest BCUT2D eigenvalue weighted by atomic mass is 16.5. The van der Waals surface area contributed by atoms with Crippen molar-refractivity contribution in [1.82, 2.24) is 10.2 Å². The Morgan fingerprint density at radius 1 is 0.903 bits per heavy atom. The average molecular weight is 423 g/mol. The van der Waals surface area contributed by atoms with Crippen LogP contribution in [0.5, 0.6) is 5.75 Å². The van der Waals surface area contributed by atoms with E-state index in [-0.39, 0.29) is 30.7 Å². The van der Waals surface area contributed by atoms with E-state index in [1.807, 2.05) is 47.4 Å². The molecule has 3 rings (SSSR count). The van der Waals surface area contributed by atoms with Crippen LogP contribution in [0, 0.1) is 0 Å². The van der Waals surface area contributed by atoms with Crippen LogP contribution in [-0.4, -0.2) is 48.7 Å². The summed E-state index contributed by atoms with van der Waals surface area (Å²) >= 11 is 0. The van der Waals surface area contributed by atoms with Crippen LogP contribution in [-0.2, 0) is 16.0 Å². The maximum atomic E-state index is 12.5. The molecule has 1 fully saturated rings. The SMILES string of the molecule is O=C(CCCc1ccc(C(=O)N2CCCCC2)cc1)CNC(=O)COc1ccccc1. The van der Waals surface area contributed by atoms with Crippen molar-refractivity contribution in [3.63, 3.8) is 0 Å². The van der Waals surface area contributed by atoms with Gasteiger partial charge in [0.1, 0.15) is 5.75 Å². The van der Waals surface area contributed by atoms with Crippen LogP contribution in [0.15, 0.2) is 54.6 Å². The molecule has 0 aliphatic carbocycles. The average Bonchev–Trinajstić information content (AvgIpc) is 2.82. The van der Waals surface area contributed by atoms with E-state index in [0.717, 1.165) is 43.5 Å². The van der Waals surface area contributed by atoms with Gasteiger partial charge in [0.05, 0.1) is 6.54 Å². The number of para-hydroxylation sites is 1. The number of nitrogens with one attached hydrogen (secondary N) is 1. The van der Waals surface area contributed by atoms with Gasteiger partial charge in [0, 0.05) is 25.1 Å². The number of carbonyl (C=O) groups excluding carboxylic acids is 3. The highest BCUT2D eigenvalue weighted by molar-refractivity contribution is 5.94. The highest BCUT2D eigenvalue weighted by Crippen LogP contribution is 2.15. The van der Waals surface area contributed by atoms with Gasteiger partial charge in [0.15, 0.2) is 12.4 Å². The number of amides is 2. The van der Waals surface area contributed by atoms with Crippen molar-refractivity contribution in [1.29, 1.82) is 0 Å². The number of carbonyl (C=O) groups is 3. The molecule has 1 aliphatic heterocycles. The first kappa shape index (κ1) is 22.5. The van der Waals surface area contributed by atoms with E-state index in [1.165, 1.54) is 6.42 Å². The first-order chi connectivity index (χ1) is 15.1. The van der Waals surface area contributed by atoms with Gasteiger partial charge in [-0.1, -0.05) is 30.3 Å². The quantitative estimate of drug-likeness (QED) is 0.637. The molecule has 6 heteroatoms. The van der Waals surface area contributed by atoms with Crippen molar-refractivity contribution in [3.8, 4) is 5.75 Å². The number of likely N-dealkylation sites (tertiary alicyclic amines) is 1. The lowest BCUT2D eigenvalue weighted by Gasteiger charge is -2.26. The molecule has 164 valence electrons. The predicted octanol–water partition coefficient (Wildman–Crippen LogP) is 3.40. The number of piperidine rings is 1. The van der Waals surface area contributed by atoms with Crippen LogP contribution >= 0.6 is 0 Å². The number of ether oxygens (including phenoxy) is 1. The van der Waals surface area contributed by atoms with Crippen LogP contribution < -0.4 is 10.1 Å².